The Morgan fingerprint density at radius 3 is 2.76 bits per heavy atom. The SMILES string of the molecule is COC(=O)c1nc(Br)cnc1N1CC(S(N)(=O)=O)CC1=O. The second-order valence-electron chi connectivity index (χ2n) is 4.28. The summed E-state index contributed by atoms with van der Waals surface area (Å²) in [6, 6.07) is 0. The standard InChI is InChI=1S/C10H11BrN4O5S/c1-20-10(17)8-9(13-3-6(11)14-8)15-4-5(2-7(15)16)21(12,18)19/h3,5H,2,4H2,1H3,(H2,12,18,19). The van der Waals surface area contributed by atoms with Crippen molar-refractivity contribution < 1.29 is 22.7 Å². The number of rotatable bonds is 3. The Hall–Kier alpha value is -1.59. The molecule has 1 aliphatic rings. The van der Waals surface area contributed by atoms with Crippen LogP contribution in [0.5, 0.6) is 0 Å². The summed E-state index contributed by atoms with van der Waals surface area (Å²) in [5.41, 5.74) is -0.185. The van der Waals surface area contributed by atoms with E-state index in [1.807, 2.05) is 0 Å². The lowest BCUT2D eigenvalue weighted by Gasteiger charge is -2.17. The van der Waals surface area contributed by atoms with E-state index in [9.17, 15) is 18.0 Å². The maximum Gasteiger partial charge on any atom is 0.360 e. The summed E-state index contributed by atoms with van der Waals surface area (Å²) in [4.78, 5) is 32.6. The number of esters is 1. The fraction of sp³-hybridized carbons (Fsp3) is 0.400. The van der Waals surface area contributed by atoms with Crippen molar-refractivity contribution in [1.29, 1.82) is 0 Å². The summed E-state index contributed by atoms with van der Waals surface area (Å²) in [6.45, 7) is -0.183. The second kappa shape index (κ2) is 5.66. The number of amides is 1. The van der Waals surface area contributed by atoms with Gasteiger partial charge >= 0.3 is 5.97 Å². The zero-order valence-corrected chi connectivity index (χ0v) is 13.2. The van der Waals surface area contributed by atoms with E-state index in [1.54, 1.807) is 0 Å². The van der Waals surface area contributed by atoms with Crippen molar-refractivity contribution >= 4 is 43.6 Å². The van der Waals surface area contributed by atoms with Crippen molar-refractivity contribution in [2.75, 3.05) is 18.6 Å². The van der Waals surface area contributed by atoms with Crippen molar-refractivity contribution in [3.63, 3.8) is 0 Å². The van der Waals surface area contributed by atoms with Crippen molar-refractivity contribution in [2.45, 2.75) is 11.7 Å². The lowest BCUT2D eigenvalue weighted by Crippen LogP contribution is -2.33. The van der Waals surface area contributed by atoms with Crippen molar-refractivity contribution in [3.8, 4) is 0 Å². The highest BCUT2D eigenvalue weighted by Crippen LogP contribution is 2.26. The molecule has 1 amide bonds. The van der Waals surface area contributed by atoms with E-state index in [1.165, 1.54) is 6.20 Å². The lowest BCUT2D eigenvalue weighted by atomic mass is 10.3. The number of sulfonamides is 1. The number of anilines is 1. The predicted octanol–water partition coefficient (Wildman–Crippen LogP) is -0.581. The minimum Gasteiger partial charge on any atom is -0.464 e. The van der Waals surface area contributed by atoms with Crippen LogP contribution in [0.3, 0.4) is 0 Å². The highest BCUT2D eigenvalue weighted by molar-refractivity contribution is 9.10. The monoisotopic (exact) mass is 378 g/mol. The van der Waals surface area contributed by atoms with Gasteiger partial charge in [0.1, 0.15) is 9.85 Å². The van der Waals surface area contributed by atoms with E-state index in [-0.39, 0.29) is 29.1 Å². The first-order valence-corrected chi connectivity index (χ1v) is 8.07. The maximum absolute atomic E-state index is 12.0. The first kappa shape index (κ1) is 15.8. The van der Waals surface area contributed by atoms with Crippen molar-refractivity contribution in [2.24, 2.45) is 5.14 Å². The molecule has 0 spiro atoms. The highest BCUT2D eigenvalue weighted by atomic mass is 79.9. The van der Waals surface area contributed by atoms with Crippen LogP contribution in [0.15, 0.2) is 10.8 Å². The topological polar surface area (TPSA) is 133 Å². The first-order valence-electron chi connectivity index (χ1n) is 5.67. The molecule has 1 aromatic rings. The van der Waals surface area contributed by atoms with E-state index >= 15 is 0 Å². The van der Waals surface area contributed by atoms with Gasteiger partial charge < -0.3 is 4.74 Å². The maximum atomic E-state index is 12.0. The smallest absolute Gasteiger partial charge is 0.360 e. The lowest BCUT2D eigenvalue weighted by molar-refractivity contribution is -0.117. The first-order chi connectivity index (χ1) is 9.74. The average molecular weight is 379 g/mol. The van der Waals surface area contributed by atoms with E-state index in [0.717, 1.165) is 12.0 Å². The van der Waals surface area contributed by atoms with Crippen LogP contribution in [0.2, 0.25) is 0 Å². The minimum absolute atomic E-state index is 0.0544. The molecule has 11 heteroatoms. The molecule has 2 rings (SSSR count). The Kier molecular flexibility index (Phi) is 4.25. The Balaban J connectivity index is 2.43. The normalized spacial score (nSPS) is 18.9. The summed E-state index contributed by atoms with van der Waals surface area (Å²) in [5, 5.41) is 4.01. The molecule has 0 saturated carbocycles. The van der Waals surface area contributed by atoms with Crippen molar-refractivity contribution in [1.82, 2.24) is 9.97 Å². The van der Waals surface area contributed by atoms with Crippen LogP contribution in [0.25, 0.3) is 0 Å². The summed E-state index contributed by atoms with van der Waals surface area (Å²) in [6.07, 6.45) is 1.02. The molecule has 114 valence electrons. The number of primary sulfonamides is 1. The number of nitrogens with two attached hydrogens (primary N) is 1. The van der Waals surface area contributed by atoms with Crippen LogP contribution in [0.1, 0.15) is 16.9 Å². The third kappa shape index (κ3) is 3.19. The van der Waals surface area contributed by atoms with Gasteiger partial charge in [0.25, 0.3) is 0 Å². The molecular formula is C10H11BrN4O5S. The summed E-state index contributed by atoms with van der Waals surface area (Å²) in [5.74, 6) is -1.34. The van der Waals surface area contributed by atoms with Gasteiger partial charge in [-0.25, -0.2) is 28.3 Å². The van der Waals surface area contributed by atoms with Gasteiger partial charge in [0, 0.05) is 13.0 Å². The number of methoxy groups -OCH3 is 1. The Bertz CT molecular complexity index is 707. The number of carbonyl (C=O) groups excluding carboxylic acids is 2. The molecule has 1 unspecified atom stereocenters. The molecule has 1 aliphatic heterocycles. The minimum atomic E-state index is -3.86. The predicted molar refractivity (Wildman–Crippen MR) is 74.9 cm³/mol. The molecule has 2 heterocycles. The molecule has 21 heavy (non-hydrogen) atoms. The van der Waals surface area contributed by atoms with Gasteiger partial charge in [0.15, 0.2) is 11.5 Å². The van der Waals surface area contributed by atoms with Gasteiger partial charge in [-0.05, 0) is 15.9 Å². The van der Waals surface area contributed by atoms with Crippen molar-refractivity contribution in [3.05, 3.63) is 16.5 Å². The summed E-state index contributed by atoms with van der Waals surface area (Å²) in [7, 11) is -2.70. The molecule has 0 aliphatic carbocycles. The molecule has 0 radical (unpaired) electrons. The number of nitrogens with zero attached hydrogens (tertiary/aromatic N) is 3. The van der Waals surface area contributed by atoms with Crippen LogP contribution in [0, 0.1) is 0 Å². The number of ether oxygens (including phenoxy) is 1. The Labute approximate surface area is 128 Å². The third-order valence-electron chi connectivity index (χ3n) is 2.91. The Morgan fingerprint density at radius 1 is 1.57 bits per heavy atom. The number of hydrogen-bond donors (Lipinski definition) is 1. The molecule has 1 atom stereocenters. The van der Waals surface area contributed by atoms with Crippen LogP contribution < -0.4 is 10.0 Å². The van der Waals surface area contributed by atoms with Gasteiger partial charge in [0.05, 0.1) is 13.3 Å². The molecule has 1 aromatic heterocycles. The van der Waals surface area contributed by atoms with Gasteiger partial charge in [-0.3, -0.25) is 9.69 Å². The number of halogens is 1. The van der Waals surface area contributed by atoms with E-state index in [4.69, 9.17) is 5.14 Å². The largest absolute Gasteiger partial charge is 0.464 e. The zero-order chi connectivity index (χ0) is 15.8. The fourth-order valence-corrected chi connectivity index (χ4v) is 2.90. The third-order valence-corrected chi connectivity index (χ3v) is 4.54. The summed E-state index contributed by atoms with van der Waals surface area (Å²) < 4.78 is 27.6. The Morgan fingerprint density at radius 2 is 2.24 bits per heavy atom. The van der Waals surface area contributed by atoms with E-state index < -0.39 is 27.1 Å². The van der Waals surface area contributed by atoms with Crippen LogP contribution >= 0.6 is 15.9 Å². The molecular weight excluding hydrogens is 368 g/mol. The van der Waals surface area contributed by atoms with Gasteiger partial charge in [-0.15, -0.1) is 0 Å². The number of hydrogen-bond acceptors (Lipinski definition) is 7. The van der Waals surface area contributed by atoms with Crippen LogP contribution in [-0.4, -0.2) is 49.2 Å². The van der Waals surface area contributed by atoms with Crippen LogP contribution in [0.4, 0.5) is 5.82 Å². The summed E-state index contributed by atoms with van der Waals surface area (Å²) >= 11 is 3.06. The number of carbonyl (C=O) groups is 2. The molecule has 0 aromatic carbocycles. The van der Waals surface area contributed by atoms with Gasteiger partial charge in [0.2, 0.25) is 15.9 Å². The van der Waals surface area contributed by atoms with Gasteiger partial charge in [-0.2, -0.15) is 0 Å². The van der Waals surface area contributed by atoms with E-state index in [2.05, 4.69) is 30.6 Å². The molecule has 2 N–H and O–H groups in total. The second-order valence-corrected chi connectivity index (χ2v) is 6.93. The van der Waals surface area contributed by atoms with Gasteiger partial charge in [-0.1, -0.05) is 0 Å². The molecule has 1 fully saturated rings. The molecule has 0 bridgehead atoms. The average Bonchev–Trinajstić information content (AvgIpc) is 2.80. The zero-order valence-electron chi connectivity index (χ0n) is 10.8. The fourth-order valence-electron chi connectivity index (χ4n) is 1.89. The highest BCUT2D eigenvalue weighted by Gasteiger charge is 2.39. The number of aromatic nitrogens is 2. The molecule has 9 nitrogen and oxygen atoms in total. The van der Waals surface area contributed by atoms with E-state index in [0.29, 0.717) is 0 Å². The van der Waals surface area contributed by atoms with Crippen LogP contribution in [-0.2, 0) is 19.6 Å². The quantitative estimate of drug-likeness (QED) is 0.695. The molecule has 1 saturated heterocycles.